The maximum atomic E-state index is 4.65. The predicted molar refractivity (Wildman–Crippen MR) is 87.1 cm³/mol. The maximum absolute atomic E-state index is 4.65. The van der Waals surface area contributed by atoms with Crippen LogP contribution in [0.15, 0.2) is 29.3 Å². The van der Waals surface area contributed by atoms with Crippen LogP contribution in [0.5, 0.6) is 0 Å². The summed E-state index contributed by atoms with van der Waals surface area (Å²) in [5, 5.41) is 5.98. The van der Waals surface area contributed by atoms with Crippen LogP contribution in [0.4, 0.5) is 11.4 Å². The van der Waals surface area contributed by atoms with Crippen LogP contribution in [0.1, 0.15) is 25.7 Å². The number of piperazine rings is 1. The molecule has 3 nitrogen and oxygen atoms in total. The average molecular weight is 287 g/mol. The van der Waals surface area contributed by atoms with Gasteiger partial charge in [0, 0.05) is 31.4 Å². The smallest absolute Gasteiger partial charge is 0.0741 e. The van der Waals surface area contributed by atoms with E-state index in [0.717, 1.165) is 31.2 Å². The Hall–Kier alpha value is -1.22. The van der Waals surface area contributed by atoms with E-state index in [-0.39, 0.29) is 0 Å². The molecule has 0 spiro atoms. The van der Waals surface area contributed by atoms with E-state index in [1.54, 1.807) is 0 Å². The van der Waals surface area contributed by atoms with Gasteiger partial charge in [-0.1, -0.05) is 12.8 Å². The van der Waals surface area contributed by atoms with Gasteiger partial charge in [-0.3, -0.25) is 0 Å². The summed E-state index contributed by atoms with van der Waals surface area (Å²) in [5.41, 5.74) is 2.20. The molecule has 0 amide bonds. The minimum atomic E-state index is 0.645. The number of nitrogens with zero attached hydrogens (tertiary/aromatic N) is 2. The van der Waals surface area contributed by atoms with Gasteiger partial charge in [0.05, 0.1) is 10.8 Å². The SMILES string of the molecule is S=C=Nc1ccc(N2CCNCC2C2CCCC2)cc1. The Morgan fingerprint density at radius 1 is 1.20 bits per heavy atom. The average Bonchev–Trinajstić information content (AvgIpc) is 3.03. The molecule has 1 heterocycles. The van der Waals surface area contributed by atoms with Gasteiger partial charge < -0.3 is 10.2 Å². The second kappa shape index (κ2) is 6.49. The number of isothiocyanates is 1. The molecule has 1 aromatic carbocycles. The summed E-state index contributed by atoms with van der Waals surface area (Å²) in [6.45, 7) is 3.28. The van der Waals surface area contributed by atoms with Crippen LogP contribution in [0.25, 0.3) is 0 Å². The zero-order chi connectivity index (χ0) is 13.8. The molecule has 1 N–H and O–H groups in total. The Kier molecular flexibility index (Phi) is 4.46. The molecule has 0 bridgehead atoms. The van der Waals surface area contributed by atoms with Crippen LogP contribution in [0, 0.1) is 5.92 Å². The molecule has 1 aromatic rings. The first kappa shape index (κ1) is 13.7. The van der Waals surface area contributed by atoms with E-state index in [0.29, 0.717) is 6.04 Å². The maximum Gasteiger partial charge on any atom is 0.0741 e. The molecule has 2 fully saturated rings. The molecular weight excluding hydrogens is 266 g/mol. The quantitative estimate of drug-likeness (QED) is 0.682. The third kappa shape index (κ3) is 2.93. The molecule has 1 saturated heterocycles. The monoisotopic (exact) mass is 287 g/mol. The highest BCUT2D eigenvalue weighted by molar-refractivity contribution is 7.78. The Balaban J connectivity index is 1.79. The Labute approximate surface area is 126 Å². The normalized spacial score (nSPS) is 23.6. The number of hydrogen-bond acceptors (Lipinski definition) is 4. The van der Waals surface area contributed by atoms with E-state index in [2.05, 4.69) is 44.7 Å². The lowest BCUT2D eigenvalue weighted by Crippen LogP contribution is -2.54. The lowest BCUT2D eigenvalue weighted by molar-refractivity contribution is 0.355. The lowest BCUT2D eigenvalue weighted by Gasteiger charge is -2.41. The summed E-state index contributed by atoms with van der Waals surface area (Å²) in [5.74, 6) is 0.849. The first-order valence-electron chi connectivity index (χ1n) is 7.54. The van der Waals surface area contributed by atoms with Crippen molar-refractivity contribution in [1.29, 1.82) is 0 Å². The molecule has 106 valence electrons. The fourth-order valence-corrected chi connectivity index (χ4v) is 3.69. The molecular formula is C16H21N3S. The largest absolute Gasteiger partial charge is 0.366 e. The molecule has 3 rings (SSSR count). The molecule has 1 aliphatic carbocycles. The number of thiocarbonyl (C=S) groups is 1. The van der Waals surface area contributed by atoms with Crippen LogP contribution in [-0.4, -0.2) is 30.8 Å². The van der Waals surface area contributed by atoms with Crippen molar-refractivity contribution >= 4 is 28.8 Å². The van der Waals surface area contributed by atoms with Gasteiger partial charge in [0.15, 0.2) is 0 Å². The van der Waals surface area contributed by atoms with Crippen LogP contribution >= 0.6 is 12.2 Å². The molecule has 1 aliphatic heterocycles. The van der Waals surface area contributed by atoms with Crippen LogP contribution in [-0.2, 0) is 0 Å². The standard InChI is InChI=1S/C16H21N3S/c20-12-18-14-5-7-15(8-6-14)19-10-9-17-11-16(19)13-3-1-2-4-13/h5-8,13,16-17H,1-4,9-11H2. The van der Waals surface area contributed by atoms with E-state index in [1.165, 1.54) is 31.4 Å². The van der Waals surface area contributed by atoms with Crippen molar-refractivity contribution in [3.63, 3.8) is 0 Å². The van der Waals surface area contributed by atoms with E-state index >= 15 is 0 Å². The van der Waals surface area contributed by atoms with Gasteiger partial charge in [-0.05, 0) is 55.2 Å². The summed E-state index contributed by atoms with van der Waals surface area (Å²) < 4.78 is 0. The fourth-order valence-electron chi connectivity index (χ4n) is 3.58. The summed E-state index contributed by atoms with van der Waals surface area (Å²) in [6.07, 6.45) is 5.57. The zero-order valence-corrected chi connectivity index (χ0v) is 12.5. The third-order valence-corrected chi connectivity index (χ3v) is 4.67. The summed E-state index contributed by atoms with van der Waals surface area (Å²) in [6, 6.07) is 9.04. The highest BCUT2D eigenvalue weighted by atomic mass is 32.1. The molecule has 20 heavy (non-hydrogen) atoms. The van der Waals surface area contributed by atoms with E-state index in [9.17, 15) is 0 Å². The predicted octanol–water partition coefficient (Wildman–Crippen LogP) is 3.39. The number of nitrogens with one attached hydrogen (secondary N) is 1. The summed E-state index contributed by atoms with van der Waals surface area (Å²) in [4.78, 5) is 6.60. The van der Waals surface area contributed by atoms with Crippen LogP contribution in [0.3, 0.4) is 0 Å². The van der Waals surface area contributed by atoms with Crippen LogP contribution < -0.4 is 10.2 Å². The van der Waals surface area contributed by atoms with Crippen molar-refractivity contribution in [2.75, 3.05) is 24.5 Å². The molecule has 1 saturated carbocycles. The van der Waals surface area contributed by atoms with Gasteiger partial charge >= 0.3 is 0 Å². The Bertz CT molecular complexity index is 487. The van der Waals surface area contributed by atoms with E-state index in [1.807, 2.05) is 12.1 Å². The van der Waals surface area contributed by atoms with E-state index in [4.69, 9.17) is 0 Å². The van der Waals surface area contributed by atoms with Crippen LogP contribution in [0.2, 0.25) is 0 Å². The number of anilines is 1. The number of hydrogen-bond donors (Lipinski definition) is 1. The second-order valence-corrected chi connectivity index (χ2v) is 5.91. The minimum Gasteiger partial charge on any atom is -0.366 e. The fraction of sp³-hybridized carbons (Fsp3) is 0.562. The van der Waals surface area contributed by atoms with Gasteiger partial charge in [0.1, 0.15) is 0 Å². The van der Waals surface area contributed by atoms with Gasteiger partial charge in [-0.15, -0.1) is 0 Å². The van der Waals surface area contributed by atoms with Gasteiger partial charge in [0.2, 0.25) is 0 Å². The highest BCUT2D eigenvalue weighted by Gasteiger charge is 2.31. The lowest BCUT2D eigenvalue weighted by atomic mass is 9.94. The van der Waals surface area contributed by atoms with Crippen molar-refractivity contribution in [3.8, 4) is 0 Å². The first-order chi connectivity index (χ1) is 9.88. The van der Waals surface area contributed by atoms with Gasteiger partial charge in [-0.2, -0.15) is 4.99 Å². The number of benzene rings is 1. The summed E-state index contributed by atoms with van der Waals surface area (Å²) >= 11 is 4.65. The van der Waals surface area contributed by atoms with Crippen molar-refractivity contribution in [1.82, 2.24) is 5.32 Å². The molecule has 4 heteroatoms. The molecule has 0 aromatic heterocycles. The first-order valence-corrected chi connectivity index (χ1v) is 7.94. The van der Waals surface area contributed by atoms with Gasteiger partial charge in [-0.25, -0.2) is 0 Å². The van der Waals surface area contributed by atoms with Gasteiger partial charge in [0.25, 0.3) is 0 Å². The van der Waals surface area contributed by atoms with E-state index < -0.39 is 0 Å². The number of rotatable bonds is 3. The Morgan fingerprint density at radius 3 is 2.65 bits per heavy atom. The minimum absolute atomic E-state index is 0.645. The third-order valence-electron chi connectivity index (χ3n) is 4.58. The number of aliphatic imine (C=N–C) groups is 1. The van der Waals surface area contributed by atoms with Crippen molar-refractivity contribution in [3.05, 3.63) is 24.3 Å². The van der Waals surface area contributed by atoms with Crippen molar-refractivity contribution in [2.24, 2.45) is 10.9 Å². The molecule has 1 atom stereocenters. The highest BCUT2D eigenvalue weighted by Crippen LogP contribution is 2.33. The van der Waals surface area contributed by atoms with Crippen molar-refractivity contribution < 1.29 is 0 Å². The molecule has 1 unspecified atom stereocenters. The zero-order valence-electron chi connectivity index (χ0n) is 11.7. The summed E-state index contributed by atoms with van der Waals surface area (Å²) in [7, 11) is 0. The Morgan fingerprint density at radius 2 is 1.95 bits per heavy atom. The molecule has 0 radical (unpaired) electrons. The topological polar surface area (TPSA) is 27.6 Å². The second-order valence-electron chi connectivity index (χ2n) is 5.73. The molecule has 2 aliphatic rings. The van der Waals surface area contributed by atoms with Crippen molar-refractivity contribution in [2.45, 2.75) is 31.7 Å².